The van der Waals surface area contributed by atoms with E-state index in [1.807, 2.05) is 13.8 Å². The summed E-state index contributed by atoms with van der Waals surface area (Å²) in [5.74, 6) is -5.76. The van der Waals surface area contributed by atoms with E-state index >= 15 is 0 Å². The van der Waals surface area contributed by atoms with Crippen LogP contribution in [0, 0.1) is 11.8 Å². The number of nitrogens with one attached hydrogen (secondary N) is 5. The van der Waals surface area contributed by atoms with Gasteiger partial charge in [0.25, 0.3) is 0 Å². The lowest BCUT2D eigenvalue weighted by molar-refractivity contribution is -0.143. The molecule has 16 nitrogen and oxygen atoms in total. The highest BCUT2D eigenvalue weighted by atomic mass is 16.2. The van der Waals surface area contributed by atoms with Crippen LogP contribution in [-0.4, -0.2) is 95.0 Å². The first-order valence-electron chi connectivity index (χ1n) is 16.8. The lowest BCUT2D eigenvalue weighted by atomic mass is 10.0. The summed E-state index contributed by atoms with van der Waals surface area (Å²) in [4.78, 5) is 104. The zero-order valence-corrected chi connectivity index (χ0v) is 29.6. The first-order valence-corrected chi connectivity index (χ1v) is 16.8. The molecule has 6 atom stereocenters. The number of rotatable bonds is 18. The number of primary amides is 2. The fourth-order valence-electron chi connectivity index (χ4n) is 5.68. The molecule has 1 saturated heterocycles. The molecule has 1 aromatic carbocycles. The van der Waals surface area contributed by atoms with Crippen molar-refractivity contribution < 1.29 is 38.4 Å². The third-order valence-electron chi connectivity index (χ3n) is 8.20. The van der Waals surface area contributed by atoms with E-state index in [4.69, 9.17) is 11.5 Å². The van der Waals surface area contributed by atoms with Crippen molar-refractivity contribution in [2.24, 2.45) is 23.3 Å². The molecule has 0 unspecified atom stereocenters. The first kappa shape index (κ1) is 41.2. The van der Waals surface area contributed by atoms with Gasteiger partial charge in [-0.15, -0.1) is 0 Å². The smallest absolute Gasteiger partial charge is 0.246 e. The van der Waals surface area contributed by atoms with Gasteiger partial charge in [-0.3, -0.25) is 38.4 Å². The van der Waals surface area contributed by atoms with Crippen molar-refractivity contribution in [3.63, 3.8) is 0 Å². The number of hydrogen-bond acceptors (Lipinski definition) is 8. The average molecular weight is 701 g/mol. The van der Waals surface area contributed by atoms with Crippen LogP contribution in [0.25, 0.3) is 0 Å². The molecule has 9 N–H and O–H groups in total. The molecule has 0 spiro atoms. The molecule has 16 heteroatoms. The largest absolute Gasteiger partial charge is 0.370 e. The Kier molecular flexibility index (Phi) is 15.8. The second-order valence-electron chi connectivity index (χ2n) is 13.4. The Morgan fingerprint density at radius 2 is 1.40 bits per heavy atom. The number of amides is 8. The Balaban J connectivity index is 2.20. The lowest BCUT2D eigenvalue weighted by Gasteiger charge is -2.30. The minimum atomic E-state index is -1.43. The first-order chi connectivity index (χ1) is 23.4. The summed E-state index contributed by atoms with van der Waals surface area (Å²) in [5, 5.41) is 12.9. The van der Waals surface area contributed by atoms with Gasteiger partial charge in [0.2, 0.25) is 47.3 Å². The second-order valence-corrected chi connectivity index (χ2v) is 13.4. The van der Waals surface area contributed by atoms with Gasteiger partial charge in [0.15, 0.2) is 0 Å². The van der Waals surface area contributed by atoms with Crippen LogP contribution in [0.3, 0.4) is 0 Å². The van der Waals surface area contributed by atoms with E-state index in [2.05, 4.69) is 26.6 Å². The number of nitrogens with zero attached hydrogens (tertiary/aromatic N) is 1. The molecule has 1 aliphatic rings. The fraction of sp³-hybridized carbons (Fsp3) is 0.588. The minimum Gasteiger partial charge on any atom is -0.370 e. The van der Waals surface area contributed by atoms with Crippen molar-refractivity contribution in [2.75, 3.05) is 6.54 Å². The predicted molar refractivity (Wildman–Crippen MR) is 183 cm³/mol. The second kappa shape index (κ2) is 19.2. The van der Waals surface area contributed by atoms with Crippen LogP contribution in [0.2, 0.25) is 0 Å². The highest BCUT2D eigenvalue weighted by Crippen LogP contribution is 2.20. The molecule has 0 aromatic heterocycles. The normalized spacial score (nSPS) is 17.1. The molecule has 0 saturated carbocycles. The molecular formula is C34H52N8O8. The molecule has 1 fully saturated rings. The van der Waals surface area contributed by atoms with Gasteiger partial charge in [0.05, 0.1) is 6.42 Å². The number of hydrogen-bond donors (Lipinski definition) is 7. The third kappa shape index (κ3) is 12.8. The van der Waals surface area contributed by atoms with Crippen LogP contribution in [-0.2, 0) is 44.8 Å². The molecule has 1 aliphatic heterocycles. The van der Waals surface area contributed by atoms with Gasteiger partial charge in [-0.05, 0) is 43.6 Å². The fourth-order valence-corrected chi connectivity index (χ4v) is 5.68. The third-order valence-corrected chi connectivity index (χ3v) is 8.20. The van der Waals surface area contributed by atoms with Crippen LogP contribution >= 0.6 is 0 Å². The molecule has 0 aliphatic carbocycles. The zero-order valence-electron chi connectivity index (χ0n) is 29.6. The SMILES string of the molecule is CC(=O)N[C@@H](Cc1ccccc1)C(=O)N[C@@H](CC(N)=O)C(=O)N1CCC[C@H]1C(=O)N[C@@H](CC(C)C)C(=O)N[C@@H](C)C(=O)N[C@H](C(N)=O)C(C)C. The highest BCUT2D eigenvalue weighted by molar-refractivity contribution is 5.98. The maximum absolute atomic E-state index is 13.8. The standard InChI is InChI=1S/C34H52N8O8/c1-18(2)15-23(31(47)37-20(5)30(46)41-28(19(3)4)29(36)45)39-33(49)26-13-10-14-42(26)34(50)25(17-27(35)44)40-32(48)24(38-21(6)43)16-22-11-8-7-9-12-22/h7-9,11-12,18-20,23-26,28H,10,13-17H2,1-6H3,(H2,35,44)(H2,36,45)(H,37,47)(H,38,43)(H,39,49)(H,40,48)(H,41,46)/t20-,23-,24-,25-,26-,28-/m0/s1. The Morgan fingerprint density at radius 1 is 0.780 bits per heavy atom. The van der Waals surface area contributed by atoms with Gasteiger partial charge in [-0.25, -0.2) is 0 Å². The summed E-state index contributed by atoms with van der Waals surface area (Å²) in [7, 11) is 0. The minimum absolute atomic E-state index is 0.0562. The van der Waals surface area contributed by atoms with Crippen molar-refractivity contribution in [1.82, 2.24) is 31.5 Å². The Bertz CT molecular complexity index is 1400. The molecule has 0 bridgehead atoms. The number of benzene rings is 1. The summed E-state index contributed by atoms with van der Waals surface area (Å²) in [6.45, 7) is 9.93. The maximum Gasteiger partial charge on any atom is 0.246 e. The van der Waals surface area contributed by atoms with Crippen molar-refractivity contribution in [1.29, 1.82) is 0 Å². The summed E-state index contributed by atoms with van der Waals surface area (Å²) in [6, 6.07) is 2.28. The molecule has 1 aromatic rings. The van der Waals surface area contributed by atoms with Crippen molar-refractivity contribution in [2.45, 2.75) is 110 Å². The van der Waals surface area contributed by atoms with Gasteiger partial charge >= 0.3 is 0 Å². The molecule has 0 radical (unpaired) electrons. The quantitative estimate of drug-likeness (QED) is 0.0972. The number of nitrogens with two attached hydrogens (primary N) is 2. The predicted octanol–water partition coefficient (Wildman–Crippen LogP) is -1.25. The average Bonchev–Trinajstić information content (AvgIpc) is 3.52. The molecule has 1 heterocycles. The summed E-state index contributed by atoms with van der Waals surface area (Å²) < 4.78 is 0. The van der Waals surface area contributed by atoms with Crippen LogP contribution in [0.4, 0.5) is 0 Å². The molecule has 8 amide bonds. The van der Waals surface area contributed by atoms with E-state index < -0.39 is 89.9 Å². The van der Waals surface area contributed by atoms with E-state index in [1.165, 1.54) is 18.7 Å². The number of carbonyl (C=O) groups is 8. The maximum atomic E-state index is 13.8. The molecule has 50 heavy (non-hydrogen) atoms. The van der Waals surface area contributed by atoms with E-state index in [0.717, 1.165) is 5.56 Å². The topological polar surface area (TPSA) is 252 Å². The molecular weight excluding hydrogens is 648 g/mol. The number of carbonyl (C=O) groups excluding carboxylic acids is 8. The zero-order chi connectivity index (χ0) is 37.7. The number of likely N-dealkylation sites (tertiary alicyclic amines) is 1. The summed E-state index contributed by atoms with van der Waals surface area (Å²) >= 11 is 0. The van der Waals surface area contributed by atoms with Gasteiger partial charge in [-0.2, -0.15) is 0 Å². The molecule has 276 valence electrons. The van der Waals surface area contributed by atoms with Crippen molar-refractivity contribution in [3.8, 4) is 0 Å². The van der Waals surface area contributed by atoms with Crippen LogP contribution in [0.5, 0.6) is 0 Å². The Morgan fingerprint density at radius 3 is 1.94 bits per heavy atom. The molecule has 2 rings (SSSR count). The van der Waals surface area contributed by atoms with Gasteiger partial charge in [-0.1, -0.05) is 58.0 Å². The van der Waals surface area contributed by atoms with Crippen molar-refractivity contribution in [3.05, 3.63) is 35.9 Å². The Labute approximate surface area is 292 Å². The van der Waals surface area contributed by atoms with Gasteiger partial charge in [0, 0.05) is 19.9 Å². The summed E-state index contributed by atoms with van der Waals surface area (Å²) in [5.41, 5.74) is 11.6. The highest BCUT2D eigenvalue weighted by Gasteiger charge is 2.40. The lowest BCUT2D eigenvalue weighted by Crippen LogP contribution is -2.59. The van der Waals surface area contributed by atoms with Crippen LogP contribution in [0.15, 0.2) is 30.3 Å². The van der Waals surface area contributed by atoms with Crippen molar-refractivity contribution >= 4 is 47.3 Å². The summed E-state index contributed by atoms with van der Waals surface area (Å²) in [6.07, 6.45) is 0.435. The van der Waals surface area contributed by atoms with Crippen LogP contribution in [0.1, 0.15) is 72.8 Å². The van der Waals surface area contributed by atoms with Gasteiger partial charge in [0.1, 0.15) is 36.3 Å². The van der Waals surface area contributed by atoms with E-state index in [1.54, 1.807) is 44.2 Å². The monoisotopic (exact) mass is 700 g/mol. The van der Waals surface area contributed by atoms with E-state index in [-0.39, 0.29) is 37.6 Å². The van der Waals surface area contributed by atoms with Gasteiger partial charge < -0.3 is 43.0 Å². The van der Waals surface area contributed by atoms with E-state index in [9.17, 15) is 38.4 Å². The van der Waals surface area contributed by atoms with E-state index in [0.29, 0.717) is 6.42 Å². The van der Waals surface area contributed by atoms with Crippen LogP contribution < -0.4 is 38.1 Å². The Hall–Kier alpha value is -5.02.